The van der Waals surface area contributed by atoms with Crippen molar-refractivity contribution in [1.82, 2.24) is 9.97 Å². The van der Waals surface area contributed by atoms with Crippen molar-refractivity contribution in [2.24, 2.45) is 0 Å². The fourth-order valence-electron chi connectivity index (χ4n) is 1.46. The number of rotatable bonds is 2. The molecule has 0 saturated heterocycles. The minimum Gasteiger partial charge on any atom is -0.373 e. The van der Waals surface area contributed by atoms with Gasteiger partial charge in [0.1, 0.15) is 5.82 Å². The smallest absolute Gasteiger partial charge is 0.161 e. The molecule has 0 fully saturated rings. The number of nitrogens with one attached hydrogen (secondary N) is 1. The summed E-state index contributed by atoms with van der Waals surface area (Å²) < 4.78 is 0.865. The van der Waals surface area contributed by atoms with Crippen molar-refractivity contribution in [3.8, 4) is 11.4 Å². The van der Waals surface area contributed by atoms with E-state index in [0.717, 1.165) is 21.5 Å². The molecule has 0 saturated carbocycles. The summed E-state index contributed by atoms with van der Waals surface area (Å²) in [5, 5.41) is 3.66. The zero-order valence-corrected chi connectivity index (χ0v) is 11.8. The average molecular weight is 313 g/mol. The van der Waals surface area contributed by atoms with Gasteiger partial charge in [-0.1, -0.05) is 11.6 Å². The molecule has 2 aromatic rings. The Bertz CT molecular complexity index is 557. The van der Waals surface area contributed by atoms with Crippen LogP contribution in [0.5, 0.6) is 0 Å². The maximum Gasteiger partial charge on any atom is 0.161 e. The summed E-state index contributed by atoms with van der Waals surface area (Å²) in [6.45, 7) is 1.94. The van der Waals surface area contributed by atoms with E-state index >= 15 is 0 Å². The standard InChI is InChI=1S/C12H11BrClN3/c1-7-5-11(15-2)17-12(16-7)8-3-4-9(13)10(14)6-8/h3-6H,1-2H3,(H,15,16,17). The zero-order chi connectivity index (χ0) is 12.4. The first-order valence-electron chi connectivity index (χ1n) is 5.09. The van der Waals surface area contributed by atoms with Gasteiger partial charge in [-0.15, -0.1) is 0 Å². The lowest BCUT2D eigenvalue weighted by molar-refractivity contribution is 1.11. The molecule has 2 rings (SSSR count). The lowest BCUT2D eigenvalue weighted by atomic mass is 10.2. The average Bonchev–Trinajstić information content (AvgIpc) is 2.32. The Morgan fingerprint density at radius 1 is 1.24 bits per heavy atom. The van der Waals surface area contributed by atoms with Crippen LogP contribution in [0.1, 0.15) is 5.69 Å². The van der Waals surface area contributed by atoms with Crippen LogP contribution in [0.25, 0.3) is 11.4 Å². The second-order valence-electron chi connectivity index (χ2n) is 3.60. The zero-order valence-electron chi connectivity index (χ0n) is 9.46. The lowest BCUT2D eigenvalue weighted by Gasteiger charge is -2.06. The van der Waals surface area contributed by atoms with Crippen LogP contribution in [0.4, 0.5) is 5.82 Å². The van der Waals surface area contributed by atoms with Crippen LogP contribution in [0.2, 0.25) is 5.02 Å². The Hall–Kier alpha value is -1.13. The Kier molecular flexibility index (Phi) is 3.64. The predicted octanol–water partition coefficient (Wildman–Crippen LogP) is 3.91. The molecule has 88 valence electrons. The Labute approximate surface area is 113 Å². The van der Waals surface area contributed by atoms with Crippen LogP contribution in [-0.2, 0) is 0 Å². The molecular formula is C12H11BrClN3. The molecule has 0 spiro atoms. The van der Waals surface area contributed by atoms with Gasteiger partial charge in [0, 0.05) is 28.8 Å². The van der Waals surface area contributed by atoms with Gasteiger partial charge in [0.2, 0.25) is 0 Å². The molecule has 1 aromatic carbocycles. The molecule has 1 aromatic heterocycles. The molecule has 1 N–H and O–H groups in total. The van der Waals surface area contributed by atoms with Crippen LogP contribution in [0.15, 0.2) is 28.7 Å². The number of nitrogens with zero attached hydrogens (tertiary/aromatic N) is 2. The molecule has 5 heteroatoms. The highest BCUT2D eigenvalue weighted by atomic mass is 79.9. The van der Waals surface area contributed by atoms with Gasteiger partial charge >= 0.3 is 0 Å². The summed E-state index contributed by atoms with van der Waals surface area (Å²) in [6, 6.07) is 7.57. The van der Waals surface area contributed by atoms with Crippen molar-refractivity contribution in [3.05, 3.63) is 39.5 Å². The van der Waals surface area contributed by atoms with Crippen LogP contribution >= 0.6 is 27.5 Å². The number of anilines is 1. The first-order valence-corrected chi connectivity index (χ1v) is 6.26. The highest BCUT2D eigenvalue weighted by Crippen LogP contribution is 2.27. The SMILES string of the molecule is CNc1cc(C)nc(-c2ccc(Br)c(Cl)c2)n1. The monoisotopic (exact) mass is 311 g/mol. The normalized spacial score (nSPS) is 10.4. The molecule has 17 heavy (non-hydrogen) atoms. The topological polar surface area (TPSA) is 37.8 Å². The molecule has 0 aliphatic rings. The van der Waals surface area contributed by atoms with Gasteiger partial charge in [-0.3, -0.25) is 0 Å². The Morgan fingerprint density at radius 3 is 2.65 bits per heavy atom. The van der Waals surface area contributed by atoms with Gasteiger partial charge in [-0.05, 0) is 41.1 Å². The van der Waals surface area contributed by atoms with Crippen molar-refractivity contribution in [3.63, 3.8) is 0 Å². The van der Waals surface area contributed by atoms with E-state index < -0.39 is 0 Å². The van der Waals surface area contributed by atoms with Gasteiger partial charge < -0.3 is 5.32 Å². The van der Waals surface area contributed by atoms with Gasteiger partial charge in [0.15, 0.2) is 5.82 Å². The summed E-state index contributed by atoms with van der Waals surface area (Å²) in [6.07, 6.45) is 0. The van der Waals surface area contributed by atoms with E-state index in [1.165, 1.54) is 0 Å². The van der Waals surface area contributed by atoms with Crippen LogP contribution in [0.3, 0.4) is 0 Å². The predicted molar refractivity (Wildman–Crippen MR) is 74.5 cm³/mol. The number of halogens is 2. The molecule has 0 unspecified atom stereocenters. The van der Waals surface area contributed by atoms with E-state index in [0.29, 0.717) is 10.8 Å². The molecule has 0 aliphatic heterocycles. The second-order valence-corrected chi connectivity index (χ2v) is 4.86. The van der Waals surface area contributed by atoms with Gasteiger partial charge in [0.25, 0.3) is 0 Å². The Balaban J connectivity index is 2.52. The molecule has 0 bridgehead atoms. The maximum absolute atomic E-state index is 6.06. The maximum atomic E-state index is 6.06. The number of hydrogen-bond acceptors (Lipinski definition) is 3. The summed E-state index contributed by atoms with van der Waals surface area (Å²) in [5.41, 5.74) is 1.82. The highest BCUT2D eigenvalue weighted by Gasteiger charge is 2.06. The number of aromatic nitrogens is 2. The highest BCUT2D eigenvalue weighted by molar-refractivity contribution is 9.10. The molecule has 3 nitrogen and oxygen atoms in total. The van der Waals surface area contributed by atoms with Gasteiger partial charge in [-0.25, -0.2) is 9.97 Å². The van der Waals surface area contributed by atoms with E-state index in [4.69, 9.17) is 11.6 Å². The summed E-state index contributed by atoms with van der Waals surface area (Å²) >= 11 is 9.42. The van der Waals surface area contributed by atoms with Crippen molar-refractivity contribution in [1.29, 1.82) is 0 Å². The molecule has 0 atom stereocenters. The number of aryl methyl sites for hydroxylation is 1. The summed E-state index contributed by atoms with van der Waals surface area (Å²) in [4.78, 5) is 8.79. The van der Waals surface area contributed by atoms with E-state index in [-0.39, 0.29) is 0 Å². The van der Waals surface area contributed by atoms with E-state index in [1.54, 1.807) is 0 Å². The van der Waals surface area contributed by atoms with Gasteiger partial charge in [-0.2, -0.15) is 0 Å². The first kappa shape index (κ1) is 12.3. The van der Waals surface area contributed by atoms with Gasteiger partial charge in [0.05, 0.1) is 5.02 Å². The number of benzene rings is 1. The van der Waals surface area contributed by atoms with Crippen molar-refractivity contribution in [2.45, 2.75) is 6.92 Å². The van der Waals surface area contributed by atoms with E-state index in [1.807, 2.05) is 38.2 Å². The first-order chi connectivity index (χ1) is 8.10. The fraction of sp³-hybridized carbons (Fsp3) is 0.167. The van der Waals surface area contributed by atoms with Crippen molar-refractivity contribution < 1.29 is 0 Å². The summed E-state index contributed by atoms with van der Waals surface area (Å²) in [7, 11) is 1.83. The van der Waals surface area contributed by atoms with Crippen molar-refractivity contribution in [2.75, 3.05) is 12.4 Å². The molecular weight excluding hydrogens is 302 g/mol. The largest absolute Gasteiger partial charge is 0.373 e. The quantitative estimate of drug-likeness (QED) is 0.913. The molecule has 0 aliphatic carbocycles. The Morgan fingerprint density at radius 2 is 2.00 bits per heavy atom. The molecule has 1 heterocycles. The molecule has 0 radical (unpaired) electrons. The summed E-state index contributed by atoms with van der Waals surface area (Å²) in [5.74, 6) is 1.47. The third-order valence-corrected chi connectivity index (χ3v) is 3.52. The second kappa shape index (κ2) is 5.02. The van der Waals surface area contributed by atoms with E-state index in [9.17, 15) is 0 Å². The third-order valence-electron chi connectivity index (χ3n) is 2.29. The number of hydrogen-bond donors (Lipinski definition) is 1. The lowest BCUT2D eigenvalue weighted by Crippen LogP contribution is -1.98. The minimum atomic E-state index is 0.651. The third kappa shape index (κ3) is 2.76. The van der Waals surface area contributed by atoms with Crippen LogP contribution in [0, 0.1) is 6.92 Å². The van der Waals surface area contributed by atoms with E-state index in [2.05, 4.69) is 31.2 Å². The molecule has 0 amide bonds. The fourth-order valence-corrected chi connectivity index (χ4v) is 1.89. The van der Waals surface area contributed by atoms with Crippen LogP contribution in [-0.4, -0.2) is 17.0 Å². The van der Waals surface area contributed by atoms with Crippen LogP contribution < -0.4 is 5.32 Å². The van der Waals surface area contributed by atoms with Crippen molar-refractivity contribution >= 4 is 33.3 Å². The minimum absolute atomic E-state index is 0.651.